The third-order valence-electron chi connectivity index (χ3n) is 1.27. The van der Waals surface area contributed by atoms with E-state index in [1.54, 1.807) is 12.1 Å². The molecule has 1 rings (SSSR count). The van der Waals surface area contributed by atoms with Gasteiger partial charge in [0.1, 0.15) is 5.69 Å². The normalized spacial score (nSPS) is 9.73. The van der Waals surface area contributed by atoms with E-state index in [2.05, 4.69) is 5.11 Å². The maximum atomic E-state index is 6.75. The second-order valence-corrected chi connectivity index (χ2v) is 3.00. The number of nitrogens with zero attached hydrogens (tertiary/aromatic N) is 1. The maximum absolute atomic E-state index is 6.75. The highest BCUT2D eigenvalue weighted by atomic mass is 35.5. The van der Waals surface area contributed by atoms with Crippen molar-refractivity contribution >= 4 is 28.9 Å². The second-order valence-electron chi connectivity index (χ2n) is 2.19. The van der Waals surface area contributed by atoms with Gasteiger partial charge in [0.15, 0.2) is 0 Å². The van der Waals surface area contributed by atoms with Gasteiger partial charge in [-0.05, 0) is 24.6 Å². The van der Waals surface area contributed by atoms with Gasteiger partial charge >= 0.3 is 0 Å². The number of halogens is 2. The summed E-state index contributed by atoms with van der Waals surface area (Å²) in [4.78, 5) is 0. The van der Waals surface area contributed by atoms with Gasteiger partial charge in [0.25, 0.3) is 0 Å². The Morgan fingerprint density at radius 2 is 1.73 bits per heavy atom. The summed E-state index contributed by atoms with van der Waals surface area (Å²) in [7, 11) is 0. The first-order chi connectivity index (χ1) is 5.15. The monoisotopic (exact) mass is 188 g/mol. The van der Waals surface area contributed by atoms with Crippen molar-refractivity contribution in [3.8, 4) is 0 Å². The van der Waals surface area contributed by atoms with Crippen molar-refractivity contribution < 1.29 is 0 Å². The fourth-order valence-corrected chi connectivity index (χ4v) is 1.48. The highest BCUT2D eigenvalue weighted by Gasteiger charge is 2.04. The van der Waals surface area contributed by atoms with E-state index >= 15 is 0 Å². The van der Waals surface area contributed by atoms with Crippen LogP contribution in [0.4, 0.5) is 5.69 Å². The number of hydrogen-bond acceptors (Lipinski definition) is 2. The highest BCUT2D eigenvalue weighted by Crippen LogP contribution is 2.33. The Morgan fingerprint density at radius 1 is 1.27 bits per heavy atom. The Kier molecular flexibility index (Phi) is 2.47. The Morgan fingerprint density at radius 3 is 2.09 bits per heavy atom. The summed E-state index contributed by atoms with van der Waals surface area (Å²) in [6, 6.07) is 3.45. The van der Waals surface area contributed by atoms with Crippen molar-refractivity contribution in [2.75, 3.05) is 0 Å². The lowest BCUT2D eigenvalue weighted by Crippen LogP contribution is -1.74. The van der Waals surface area contributed by atoms with Crippen molar-refractivity contribution in [2.24, 2.45) is 5.11 Å². The molecule has 2 nitrogen and oxygen atoms in total. The van der Waals surface area contributed by atoms with Crippen LogP contribution in [-0.2, 0) is 0 Å². The molecule has 0 saturated carbocycles. The molecule has 1 aromatic carbocycles. The Bertz CT molecular complexity index is 273. The minimum absolute atomic E-state index is 0.332. The zero-order chi connectivity index (χ0) is 8.43. The van der Waals surface area contributed by atoms with Crippen LogP contribution in [0.2, 0.25) is 10.0 Å². The van der Waals surface area contributed by atoms with Gasteiger partial charge in [0.05, 0.1) is 10.0 Å². The second kappa shape index (κ2) is 3.20. The van der Waals surface area contributed by atoms with Gasteiger partial charge in [-0.2, -0.15) is 5.11 Å². The molecule has 0 atom stereocenters. The number of benzene rings is 1. The number of hydrogen-bond donors (Lipinski definition) is 1. The summed E-state index contributed by atoms with van der Waals surface area (Å²) in [5.74, 6) is 0. The molecule has 0 unspecified atom stereocenters. The molecule has 0 aliphatic rings. The van der Waals surface area contributed by atoms with Crippen molar-refractivity contribution in [3.63, 3.8) is 0 Å². The van der Waals surface area contributed by atoms with Crippen molar-refractivity contribution in [3.05, 3.63) is 27.7 Å². The molecular formula is C7H6Cl2N2. The van der Waals surface area contributed by atoms with Gasteiger partial charge in [-0.25, -0.2) is 5.53 Å². The fourth-order valence-electron chi connectivity index (χ4n) is 0.799. The van der Waals surface area contributed by atoms with E-state index < -0.39 is 0 Å². The average molecular weight is 189 g/mol. The van der Waals surface area contributed by atoms with Crippen molar-refractivity contribution in [2.45, 2.75) is 6.92 Å². The Hall–Kier alpha value is -0.600. The third kappa shape index (κ3) is 1.70. The summed E-state index contributed by atoms with van der Waals surface area (Å²) in [5.41, 5.74) is 8.05. The molecular weight excluding hydrogens is 183 g/mol. The van der Waals surface area contributed by atoms with Crippen LogP contribution >= 0.6 is 23.2 Å². The van der Waals surface area contributed by atoms with Crippen LogP contribution in [0.1, 0.15) is 5.56 Å². The van der Waals surface area contributed by atoms with E-state index in [0.29, 0.717) is 15.7 Å². The fraction of sp³-hybridized carbons (Fsp3) is 0.143. The summed E-state index contributed by atoms with van der Waals surface area (Å²) in [6.45, 7) is 1.88. The van der Waals surface area contributed by atoms with E-state index in [0.717, 1.165) is 5.56 Å². The van der Waals surface area contributed by atoms with E-state index in [4.69, 9.17) is 28.7 Å². The molecule has 0 aliphatic heterocycles. The largest absolute Gasteiger partial charge is 0.204 e. The smallest absolute Gasteiger partial charge is 0.122 e. The molecule has 11 heavy (non-hydrogen) atoms. The lowest BCUT2D eigenvalue weighted by atomic mass is 10.2. The lowest BCUT2D eigenvalue weighted by Gasteiger charge is -2.00. The molecule has 58 valence electrons. The predicted octanol–water partition coefficient (Wildman–Crippen LogP) is 3.96. The van der Waals surface area contributed by atoms with Crippen LogP contribution < -0.4 is 0 Å². The van der Waals surface area contributed by atoms with E-state index in [1.807, 2.05) is 6.92 Å². The van der Waals surface area contributed by atoms with Gasteiger partial charge < -0.3 is 0 Å². The summed E-state index contributed by atoms with van der Waals surface area (Å²) in [5, 5.41) is 4.04. The van der Waals surface area contributed by atoms with Crippen LogP contribution in [0.3, 0.4) is 0 Å². The zero-order valence-electron chi connectivity index (χ0n) is 5.86. The quantitative estimate of drug-likeness (QED) is 0.649. The molecule has 0 saturated heterocycles. The van der Waals surface area contributed by atoms with Crippen LogP contribution in [0.25, 0.3) is 0 Å². The van der Waals surface area contributed by atoms with Gasteiger partial charge in [0, 0.05) is 0 Å². The standard InChI is InChI=1S/C7H6Cl2N2/c1-4-2-5(8)7(11-10)6(9)3-4/h2-3,10H,1H3. The molecule has 0 fully saturated rings. The molecule has 0 aromatic heterocycles. The summed E-state index contributed by atoms with van der Waals surface area (Å²) < 4.78 is 0. The molecule has 4 heteroatoms. The van der Waals surface area contributed by atoms with Gasteiger partial charge in [-0.3, -0.25) is 0 Å². The zero-order valence-corrected chi connectivity index (χ0v) is 7.37. The maximum Gasteiger partial charge on any atom is 0.122 e. The number of aryl methyl sites for hydroxylation is 1. The Balaban J connectivity index is 3.36. The van der Waals surface area contributed by atoms with Gasteiger partial charge in [-0.1, -0.05) is 23.2 Å². The Labute approximate surface area is 74.6 Å². The molecule has 0 heterocycles. The van der Waals surface area contributed by atoms with Crippen LogP contribution in [0.15, 0.2) is 17.2 Å². The first-order valence-corrected chi connectivity index (χ1v) is 3.74. The number of nitrogens with one attached hydrogen (secondary N) is 1. The average Bonchev–Trinajstić information content (AvgIpc) is 1.85. The molecule has 0 bridgehead atoms. The van der Waals surface area contributed by atoms with E-state index in [-0.39, 0.29) is 0 Å². The highest BCUT2D eigenvalue weighted by molar-refractivity contribution is 6.38. The minimum Gasteiger partial charge on any atom is -0.204 e. The first-order valence-electron chi connectivity index (χ1n) is 2.98. The molecule has 0 radical (unpaired) electrons. The first kappa shape index (κ1) is 8.50. The lowest BCUT2D eigenvalue weighted by molar-refractivity contribution is 1.15. The molecule has 0 aliphatic carbocycles. The van der Waals surface area contributed by atoms with E-state index in [9.17, 15) is 0 Å². The SMILES string of the molecule is Cc1cc(Cl)c(N=N)c(Cl)c1. The molecule has 1 N–H and O–H groups in total. The topological polar surface area (TPSA) is 36.2 Å². The molecule has 1 aromatic rings. The summed E-state index contributed by atoms with van der Waals surface area (Å²) in [6.07, 6.45) is 0. The van der Waals surface area contributed by atoms with Gasteiger partial charge in [0.2, 0.25) is 0 Å². The minimum atomic E-state index is 0.332. The molecule has 0 amide bonds. The van der Waals surface area contributed by atoms with Crippen LogP contribution in [0.5, 0.6) is 0 Å². The van der Waals surface area contributed by atoms with Crippen LogP contribution in [0, 0.1) is 12.5 Å². The predicted molar refractivity (Wildman–Crippen MR) is 46.0 cm³/mol. The van der Waals surface area contributed by atoms with E-state index in [1.165, 1.54) is 0 Å². The van der Waals surface area contributed by atoms with Crippen molar-refractivity contribution in [1.29, 1.82) is 5.53 Å². The molecule has 0 spiro atoms. The number of rotatable bonds is 1. The third-order valence-corrected chi connectivity index (χ3v) is 1.85. The van der Waals surface area contributed by atoms with Crippen molar-refractivity contribution in [1.82, 2.24) is 0 Å². The van der Waals surface area contributed by atoms with Crippen LogP contribution in [-0.4, -0.2) is 0 Å². The van der Waals surface area contributed by atoms with Gasteiger partial charge in [-0.15, -0.1) is 0 Å². The summed E-state index contributed by atoms with van der Waals surface area (Å²) >= 11 is 11.5.